The van der Waals surface area contributed by atoms with Crippen LogP contribution in [0.25, 0.3) is 0 Å². The summed E-state index contributed by atoms with van der Waals surface area (Å²) in [6, 6.07) is 0.464. The van der Waals surface area contributed by atoms with Crippen LogP contribution in [-0.2, 0) is 4.79 Å². The average Bonchev–Trinajstić information content (AvgIpc) is 2.46. The van der Waals surface area contributed by atoms with Gasteiger partial charge < -0.3 is 4.90 Å². The standard InChI is InChI=1S/C21H43NO/c1-7-10-13-14-17-22(20(23)18-21(4,5)6)19(15-11-8-2)16-12-9-3/h19H,7-18H2,1-6H3. The highest BCUT2D eigenvalue weighted by Crippen LogP contribution is 2.24. The molecule has 2 nitrogen and oxygen atoms in total. The normalized spacial score (nSPS) is 12.0. The first-order valence-corrected chi connectivity index (χ1v) is 10.1. The minimum absolute atomic E-state index is 0.0822. The molecule has 0 saturated heterocycles. The third-order valence-electron chi connectivity index (χ3n) is 4.48. The minimum Gasteiger partial charge on any atom is -0.340 e. The molecule has 0 aromatic carbocycles. The van der Waals surface area contributed by atoms with E-state index >= 15 is 0 Å². The number of unbranched alkanes of at least 4 members (excludes halogenated alkanes) is 5. The van der Waals surface area contributed by atoms with Gasteiger partial charge in [-0.1, -0.05) is 86.5 Å². The van der Waals surface area contributed by atoms with Gasteiger partial charge in [-0.05, 0) is 24.7 Å². The van der Waals surface area contributed by atoms with Crippen molar-refractivity contribution in [3.8, 4) is 0 Å². The molecule has 0 aromatic rings. The molecular weight excluding hydrogens is 282 g/mol. The van der Waals surface area contributed by atoms with Crippen molar-refractivity contribution < 1.29 is 4.79 Å². The number of hydrogen-bond acceptors (Lipinski definition) is 1. The molecule has 0 heterocycles. The van der Waals surface area contributed by atoms with Crippen molar-refractivity contribution >= 4 is 5.91 Å². The van der Waals surface area contributed by atoms with Gasteiger partial charge >= 0.3 is 0 Å². The molecule has 0 unspecified atom stereocenters. The first-order chi connectivity index (χ1) is 10.9. The van der Waals surface area contributed by atoms with Crippen molar-refractivity contribution in [3.05, 3.63) is 0 Å². The number of carbonyl (C=O) groups is 1. The van der Waals surface area contributed by atoms with E-state index in [2.05, 4.69) is 46.4 Å². The third-order valence-corrected chi connectivity index (χ3v) is 4.48. The second kappa shape index (κ2) is 12.8. The number of nitrogens with zero attached hydrogens (tertiary/aromatic N) is 1. The Bertz CT molecular complexity index is 285. The molecule has 0 aliphatic heterocycles. The summed E-state index contributed by atoms with van der Waals surface area (Å²) in [5.41, 5.74) is 0.0822. The van der Waals surface area contributed by atoms with E-state index in [0.717, 1.165) is 6.54 Å². The SMILES string of the molecule is CCCCCCN(C(=O)CC(C)(C)C)C(CCCC)CCCC. The van der Waals surface area contributed by atoms with Gasteiger partial charge in [-0.25, -0.2) is 0 Å². The summed E-state index contributed by atoms with van der Waals surface area (Å²) in [6.45, 7) is 14.2. The van der Waals surface area contributed by atoms with Gasteiger partial charge in [-0.2, -0.15) is 0 Å². The molecule has 0 rings (SSSR count). The van der Waals surface area contributed by atoms with Gasteiger partial charge in [0, 0.05) is 19.0 Å². The molecule has 138 valence electrons. The smallest absolute Gasteiger partial charge is 0.223 e. The van der Waals surface area contributed by atoms with Crippen LogP contribution in [0.1, 0.15) is 112 Å². The van der Waals surface area contributed by atoms with Crippen molar-refractivity contribution in [2.75, 3.05) is 6.54 Å². The van der Waals surface area contributed by atoms with E-state index in [-0.39, 0.29) is 5.41 Å². The Morgan fingerprint density at radius 2 is 1.35 bits per heavy atom. The summed E-state index contributed by atoms with van der Waals surface area (Å²) in [4.78, 5) is 15.2. The van der Waals surface area contributed by atoms with Crippen molar-refractivity contribution in [1.29, 1.82) is 0 Å². The average molecular weight is 326 g/mol. The highest BCUT2D eigenvalue weighted by Gasteiger charge is 2.26. The Morgan fingerprint density at radius 3 is 1.78 bits per heavy atom. The molecule has 0 aliphatic carbocycles. The first kappa shape index (κ1) is 22.5. The molecule has 0 atom stereocenters. The summed E-state index contributed by atoms with van der Waals surface area (Å²) >= 11 is 0. The van der Waals surface area contributed by atoms with Crippen LogP contribution in [0.4, 0.5) is 0 Å². The highest BCUT2D eigenvalue weighted by molar-refractivity contribution is 5.77. The van der Waals surface area contributed by atoms with Crippen molar-refractivity contribution in [1.82, 2.24) is 4.90 Å². The first-order valence-electron chi connectivity index (χ1n) is 10.1. The van der Waals surface area contributed by atoms with Gasteiger partial charge in [0.2, 0.25) is 5.91 Å². The van der Waals surface area contributed by atoms with E-state index < -0.39 is 0 Å². The molecule has 0 N–H and O–H groups in total. The molecule has 0 radical (unpaired) electrons. The molecule has 2 heteroatoms. The number of hydrogen-bond donors (Lipinski definition) is 0. The summed E-state index contributed by atoms with van der Waals surface area (Å²) in [6.07, 6.45) is 12.9. The van der Waals surface area contributed by atoms with Gasteiger partial charge in [0.1, 0.15) is 0 Å². The summed E-state index contributed by atoms with van der Waals surface area (Å²) in [5.74, 6) is 0.381. The van der Waals surface area contributed by atoms with Gasteiger partial charge in [0.05, 0.1) is 0 Å². The van der Waals surface area contributed by atoms with Crippen LogP contribution in [0.15, 0.2) is 0 Å². The van der Waals surface area contributed by atoms with Gasteiger partial charge in [0.15, 0.2) is 0 Å². The lowest BCUT2D eigenvalue weighted by Gasteiger charge is -2.34. The maximum Gasteiger partial charge on any atom is 0.223 e. The Kier molecular flexibility index (Phi) is 12.5. The quantitative estimate of drug-likeness (QED) is 0.350. The zero-order chi connectivity index (χ0) is 17.7. The summed E-state index contributed by atoms with van der Waals surface area (Å²) in [7, 11) is 0. The van der Waals surface area contributed by atoms with E-state index in [4.69, 9.17) is 0 Å². The van der Waals surface area contributed by atoms with Crippen LogP contribution in [0.3, 0.4) is 0 Å². The molecule has 0 fully saturated rings. The zero-order valence-corrected chi connectivity index (χ0v) is 16.9. The Morgan fingerprint density at radius 1 is 0.826 bits per heavy atom. The molecule has 1 amide bonds. The lowest BCUT2D eigenvalue weighted by molar-refractivity contribution is -0.136. The number of rotatable bonds is 13. The highest BCUT2D eigenvalue weighted by atomic mass is 16.2. The minimum atomic E-state index is 0.0822. The monoisotopic (exact) mass is 325 g/mol. The van der Waals surface area contributed by atoms with E-state index in [1.807, 2.05) is 0 Å². The molecule has 0 aromatic heterocycles. The molecule has 0 spiro atoms. The van der Waals surface area contributed by atoms with Crippen LogP contribution in [0.5, 0.6) is 0 Å². The van der Waals surface area contributed by atoms with Crippen LogP contribution in [0, 0.1) is 5.41 Å². The fourth-order valence-corrected chi connectivity index (χ4v) is 3.11. The molecule has 23 heavy (non-hydrogen) atoms. The lowest BCUT2D eigenvalue weighted by atomic mass is 9.90. The van der Waals surface area contributed by atoms with Gasteiger partial charge in [0.25, 0.3) is 0 Å². The van der Waals surface area contributed by atoms with Gasteiger partial charge in [-0.15, -0.1) is 0 Å². The largest absolute Gasteiger partial charge is 0.340 e. The Labute approximate surface area is 146 Å². The second-order valence-corrected chi connectivity index (χ2v) is 8.32. The molecular formula is C21H43NO. The topological polar surface area (TPSA) is 20.3 Å². The maximum atomic E-state index is 12.9. The van der Waals surface area contributed by atoms with Gasteiger partial charge in [-0.3, -0.25) is 4.79 Å². The Hall–Kier alpha value is -0.530. The van der Waals surface area contributed by atoms with Crippen LogP contribution >= 0.6 is 0 Å². The molecule has 0 aliphatic rings. The van der Waals surface area contributed by atoms with E-state index in [1.54, 1.807) is 0 Å². The van der Waals surface area contributed by atoms with E-state index in [1.165, 1.54) is 64.2 Å². The number of carbonyl (C=O) groups excluding carboxylic acids is 1. The molecule has 0 bridgehead atoms. The summed E-state index contributed by atoms with van der Waals surface area (Å²) in [5, 5.41) is 0. The second-order valence-electron chi connectivity index (χ2n) is 8.32. The predicted molar refractivity (Wildman–Crippen MR) is 103 cm³/mol. The Balaban J connectivity index is 4.87. The lowest BCUT2D eigenvalue weighted by Crippen LogP contribution is -2.42. The number of amides is 1. The summed E-state index contributed by atoms with van der Waals surface area (Å²) < 4.78 is 0. The maximum absolute atomic E-state index is 12.9. The van der Waals surface area contributed by atoms with Crippen LogP contribution < -0.4 is 0 Å². The van der Waals surface area contributed by atoms with Crippen molar-refractivity contribution in [3.63, 3.8) is 0 Å². The van der Waals surface area contributed by atoms with Crippen molar-refractivity contribution in [2.45, 2.75) is 118 Å². The fraction of sp³-hybridized carbons (Fsp3) is 0.952. The van der Waals surface area contributed by atoms with E-state index in [0.29, 0.717) is 18.4 Å². The third kappa shape index (κ3) is 11.6. The zero-order valence-electron chi connectivity index (χ0n) is 16.9. The van der Waals surface area contributed by atoms with Crippen molar-refractivity contribution in [2.24, 2.45) is 5.41 Å². The fourth-order valence-electron chi connectivity index (χ4n) is 3.11. The predicted octanol–water partition coefficient (Wildman–Crippen LogP) is 6.58. The van der Waals surface area contributed by atoms with Crippen LogP contribution in [-0.4, -0.2) is 23.4 Å². The van der Waals surface area contributed by atoms with Crippen LogP contribution in [0.2, 0.25) is 0 Å². The molecule has 0 saturated carbocycles. The van der Waals surface area contributed by atoms with E-state index in [9.17, 15) is 4.79 Å².